The maximum atomic E-state index is 5.80. The molecule has 1 aliphatic heterocycles. The summed E-state index contributed by atoms with van der Waals surface area (Å²) in [7, 11) is 1.91. The molecule has 1 atom stereocenters. The standard InChI is InChI=1S/C17H28N4OS/c1-4-21(5-2)17(16(23)18-3,15-8-6-7-9-19-15)14-20-10-12-22-13-11-20/h6-9H,4-5,10-14H2,1-3H3,(H,18,23). The van der Waals surface area contributed by atoms with Crippen molar-refractivity contribution in [3.63, 3.8) is 0 Å². The number of ether oxygens (including phenoxy) is 1. The van der Waals surface area contributed by atoms with Gasteiger partial charge in [0, 0.05) is 32.9 Å². The summed E-state index contributed by atoms with van der Waals surface area (Å²) in [6, 6.07) is 6.08. The Morgan fingerprint density at radius 3 is 2.57 bits per heavy atom. The second kappa shape index (κ2) is 8.68. The Balaban J connectivity index is 2.46. The van der Waals surface area contributed by atoms with Crippen LogP contribution in [-0.4, -0.2) is 72.8 Å². The number of hydrogen-bond donors (Lipinski definition) is 1. The molecule has 128 valence electrons. The van der Waals surface area contributed by atoms with Crippen molar-refractivity contribution < 1.29 is 4.74 Å². The van der Waals surface area contributed by atoms with Crippen LogP contribution in [0.2, 0.25) is 0 Å². The summed E-state index contributed by atoms with van der Waals surface area (Å²) in [5.74, 6) is 0. The number of hydrogen-bond acceptors (Lipinski definition) is 5. The first kappa shape index (κ1) is 18.3. The average molecular weight is 337 g/mol. The molecule has 1 N–H and O–H groups in total. The number of nitrogens with one attached hydrogen (secondary N) is 1. The summed E-state index contributed by atoms with van der Waals surface area (Å²) in [6.45, 7) is 10.4. The summed E-state index contributed by atoms with van der Waals surface area (Å²) in [6.07, 6.45) is 1.85. The first-order chi connectivity index (χ1) is 11.2. The van der Waals surface area contributed by atoms with Gasteiger partial charge in [0.15, 0.2) is 0 Å². The highest BCUT2D eigenvalue weighted by atomic mass is 32.1. The van der Waals surface area contributed by atoms with Gasteiger partial charge in [0.2, 0.25) is 0 Å². The summed E-state index contributed by atoms with van der Waals surface area (Å²) in [4.78, 5) is 10.3. The van der Waals surface area contributed by atoms with E-state index in [-0.39, 0.29) is 0 Å². The first-order valence-electron chi connectivity index (χ1n) is 8.37. The Labute approximate surface area is 145 Å². The van der Waals surface area contributed by atoms with Crippen LogP contribution in [0.5, 0.6) is 0 Å². The Morgan fingerprint density at radius 1 is 1.35 bits per heavy atom. The van der Waals surface area contributed by atoms with Crippen LogP contribution in [0.4, 0.5) is 0 Å². The van der Waals surface area contributed by atoms with Crippen LogP contribution in [0.3, 0.4) is 0 Å². The van der Waals surface area contributed by atoms with Crippen molar-refractivity contribution in [2.75, 3.05) is 53.0 Å². The fraction of sp³-hybridized carbons (Fsp3) is 0.647. The molecule has 0 saturated carbocycles. The molecule has 0 radical (unpaired) electrons. The van der Waals surface area contributed by atoms with E-state index in [0.717, 1.165) is 56.6 Å². The van der Waals surface area contributed by atoms with E-state index in [9.17, 15) is 0 Å². The van der Waals surface area contributed by atoms with Gasteiger partial charge in [-0.05, 0) is 25.2 Å². The zero-order chi connectivity index (χ0) is 16.7. The second-order valence-electron chi connectivity index (χ2n) is 5.72. The average Bonchev–Trinajstić information content (AvgIpc) is 2.62. The molecule has 2 heterocycles. The fourth-order valence-electron chi connectivity index (χ4n) is 3.34. The van der Waals surface area contributed by atoms with Crippen LogP contribution in [0.25, 0.3) is 0 Å². The second-order valence-corrected chi connectivity index (χ2v) is 6.12. The molecule has 0 amide bonds. The van der Waals surface area contributed by atoms with Crippen molar-refractivity contribution in [3.05, 3.63) is 30.1 Å². The van der Waals surface area contributed by atoms with E-state index in [1.54, 1.807) is 0 Å². The number of thiocarbonyl (C=S) groups is 1. The zero-order valence-corrected chi connectivity index (χ0v) is 15.2. The highest BCUT2D eigenvalue weighted by molar-refractivity contribution is 7.80. The first-order valence-corrected chi connectivity index (χ1v) is 8.78. The van der Waals surface area contributed by atoms with Gasteiger partial charge in [-0.25, -0.2) is 0 Å². The van der Waals surface area contributed by atoms with Gasteiger partial charge >= 0.3 is 0 Å². The number of aromatic nitrogens is 1. The molecule has 6 heteroatoms. The van der Waals surface area contributed by atoms with Gasteiger partial charge in [-0.15, -0.1) is 0 Å². The lowest BCUT2D eigenvalue weighted by Gasteiger charge is -2.46. The van der Waals surface area contributed by atoms with Crippen molar-refractivity contribution in [1.82, 2.24) is 20.1 Å². The summed E-state index contributed by atoms with van der Waals surface area (Å²) >= 11 is 5.80. The molecule has 5 nitrogen and oxygen atoms in total. The van der Waals surface area contributed by atoms with Crippen LogP contribution < -0.4 is 5.32 Å². The highest BCUT2D eigenvalue weighted by Crippen LogP contribution is 2.30. The lowest BCUT2D eigenvalue weighted by molar-refractivity contribution is 0.0117. The molecule has 1 saturated heterocycles. The van der Waals surface area contributed by atoms with Crippen molar-refractivity contribution >= 4 is 17.2 Å². The van der Waals surface area contributed by atoms with E-state index in [4.69, 9.17) is 17.0 Å². The minimum atomic E-state index is -0.411. The third-order valence-electron chi connectivity index (χ3n) is 4.55. The Bertz CT molecular complexity index is 489. The van der Waals surface area contributed by atoms with Gasteiger partial charge in [-0.2, -0.15) is 0 Å². The molecule has 2 rings (SSSR count). The summed E-state index contributed by atoms with van der Waals surface area (Å²) in [5.41, 5.74) is 0.598. The molecular formula is C17H28N4OS. The van der Waals surface area contributed by atoms with Crippen molar-refractivity contribution in [2.24, 2.45) is 0 Å². The molecule has 0 aliphatic carbocycles. The lowest BCUT2D eigenvalue weighted by Crippen LogP contribution is -2.61. The van der Waals surface area contributed by atoms with Gasteiger partial charge in [-0.3, -0.25) is 14.8 Å². The molecule has 1 fully saturated rings. The van der Waals surface area contributed by atoms with Gasteiger partial charge in [0.1, 0.15) is 10.5 Å². The molecule has 1 aromatic rings. The number of rotatable bonds is 7. The van der Waals surface area contributed by atoms with Gasteiger partial charge < -0.3 is 10.1 Å². The smallest absolute Gasteiger partial charge is 0.127 e. The number of likely N-dealkylation sites (N-methyl/N-ethyl adjacent to an activating group) is 2. The maximum Gasteiger partial charge on any atom is 0.127 e. The molecule has 1 aromatic heterocycles. The third kappa shape index (κ3) is 3.88. The Kier molecular flexibility index (Phi) is 6.89. The number of morpholine rings is 1. The normalized spacial score (nSPS) is 18.6. The van der Waals surface area contributed by atoms with Gasteiger partial charge in [0.25, 0.3) is 0 Å². The Morgan fingerprint density at radius 2 is 2.04 bits per heavy atom. The monoisotopic (exact) mass is 336 g/mol. The van der Waals surface area contributed by atoms with Gasteiger partial charge in [0.05, 0.1) is 18.9 Å². The maximum absolute atomic E-state index is 5.80. The van der Waals surface area contributed by atoms with Gasteiger partial charge in [-0.1, -0.05) is 32.1 Å². The molecule has 1 aliphatic rings. The van der Waals surface area contributed by atoms with Crippen LogP contribution in [-0.2, 0) is 10.3 Å². The predicted molar refractivity (Wildman–Crippen MR) is 97.8 cm³/mol. The van der Waals surface area contributed by atoms with E-state index in [0.29, 0.717) is 0 Å². The molecular weight excluding hydrogens is 308 g/mol. The molecule has 0 spiro atoms. The van der Waals surface area contributed by atoms with E-state index in [1.165, 1.54) is 0 Å². The van der Waals surface area contributed by atoms with Crippen LogP contribution in [0.1, 0.15) is 19.5 Å². The van der Waals surface area contributed by atoms with Crippen molar-refractivity contribution in [1.29, 1.82) is 0 Å². The van der Waals surface area contributed by atoms with Crippen LogP contribution in [0.15, 0.2) is 24.4 Å². The number of nitrogens with zero attached hydrogens (tertiary/aromatic N) is 3. The highest BCUT2D eigenvalue weighted by Gasteiger charge is 2.44. The van der Waals surface area contributed by atoms with Crippen LogP contribution >= 0.6 is 12.2 Å². The summed E-state index contributed by atoms with van der Waals surface area (Å²) < 4.78 is 5.50. The van der Waals surface area contributed by atoms with Crippen molar-refractivity contribution in [2.45, 2.75) is 19.4 Å². The minimum Gasteiger partial charge on any atom is -0.381 e. The lowest BCUT2D eigenvalue weighted by atomic mass is 9.90. The van der Waals surface area contributed by atoms with E-state index >= 15 is 0 Å². The number of pyridine rings is 1. The largest absolute Gasteiger partial charge is 0.381 e. The minimum absolute atomic E-state index is 0.411. The third-order valence-corrected chi connectivity index (χ3v) is 5.09. The molecule has 0 bridgehead atoms. The Hall–Kier alpha value is -1.08. The topological polar surface area (TPSA) is 40.6 Å². The summed E-state index contributed by atoms with van der Waals surface area (Å²) in [5, 5.41) is 3.23. The van der Waals surface area contributed by atoms with E-state index in [2.05, 4.69) is 40.0 Å². The zero-order valence-electron chi connectivity index (χ0n) is 14.4. The quantitative estimate of drug-likeness (QED) is 0.761. The molecule has 1 unspecified atom stereocenters. The SMILES string of the molecule is CCN(CC)C(CN1CCOCC1)(C(=S)NC)c1ccccn1. The fourth-order valence-corrected chi connectivity index (χ4v) is 3.63. The van der Waals surface area contributed by atoms with E-state index < -0.39 is 5.54 Å². The molecule has 0 aromatic carbocycles. The van der Waals surface area contributed by atoms with Crippen molar-refractivity contribution in [3.8, 4) is 0 Å². The predicted octanol–water partition coefficient (Wildman–Crippen LogP) is 1.50. The van der Waals surface area contributed by atoms with Crippen LogP contribution in [0, 0.1) is 0 Å². The molecule has 23 heavy (non-hydrogen) atoms. The van der Waals surface area contributed by atoms with E-state index in [1.807, 2.05) is 25.4 Å².